The van der Waals surface area contributed by atoms with Crippen LogP contribution in [0.4, 0.5) is 0 Å². The first-order valence-corrected chi connectivity index (χ1v) is 6.90. The van der Waals surface area contributed by atoms with Gasteiger partial charge in [0.15, 0.2) is 11.5 Å². The van der Waals surface area contributed by atoms with Crippen LogP contribution in [0.15, 0.2) is 42.5 Å². The molecule has 0 heterocycles. The maximum absolute atomic E-state index is 11.6. The molecule has 0 aliphatic heterocycles. The SMILES string of the molecule is COc1cccc(/C=C(/C(=O)O)c2ccc(OC)c(OC)c2)c1. The van der Waals surface area contributed by atoms with Gasteiger partial charge < -0.3 is 19.3 Å². The van der Waals surface area contributed by atoms with Crippen LogP contribution in [0.25, 0.3) is 11.6 Å². The van der Waals surface area contributed by atoms with Gasteiger partial charge in [-0.2, -0.15) is 0 Å². The first-order valence-electron chi connectivity index (χ1n) is 6.90. The van der Waals surface area contributed by atoms with Gasteiger partial charge in [-0.3, -0.25) is 0 Å². The number of rotatable bonds is 6. The van der Waals surface area contributed by atoms with E-state index >= 15 is 0 Å². The van der Waals surface area contributed by atoms with E-state index in [0.29, 0.717) is 22.8 Å². The molecular formula is C18H18O5. The minimum atomic E-state index is -1.03. The second kappa shape index (κ2) is 7.35. The van der Waals surface area contributed by atoms with Gasteiger partial charge in [-0.1, -0.05) is 18.2 Å². The fourth-order valence-electron chi connectivity index (χ4n) is 2.17. The van der Waals surface area contributed by atoms with Crippen LogP contribution in [-0.4, -0.2) is 32.4 Å². The van der Waals surface area contributed by atoms with Gasteiger partial charge in [-0.25, -0.2) is 4.79 Å². The number of methoxy groups -OCH3 is 3. The molecule has 0 aromatic heterocycles. The molecule has 0 radical (unpaired) electrons. The van der Waals surface area contributed by atoms with Crippen molar-refractivity contribution >= 4 is 17.6 Å². The quantitative estimate of drug-likeness (QED) is 0.654. The van der Waals surface area contributed by atoms with Crippen LogP contribution in [0, 0.1) is 0 Å². The topological polar surface area (TPSA) is 65.0 Å². The Bertz CT molecular complexity index is 734. The largest absolute Gasteiger partial charge is 0.497 e. The summed E-state index contributed by atoms with van der Waals surface area (Å²) in [5.74, 6) is 0.654. The second-order valence-electron chi connectivity index (χ2n) is 4.71. The van der Waals surface area contributed by atoms with Gasteiger partial charge >= 0.3 is 5.97 Å². The van der Waals surface area contributed by atoms with E-state index in [2.05, 4.69) is 0 Å². The Morgan fingerprint density at radius 2 is 1.70 bits per heavy atom. The average Bonchev–Trinajstić information content (AvgIpc) is 2.59. The highest BCUT2D eigenvalue weighted by Gasteiger charge is 2.14. The van der Waals surface area contributed by atoms with Gasteiger partial charge in [0.1, 0.15) is 5.75 Å². The standard InChI is InChI=1S/C18H18O5/c1-21-14-6-4-5-12(9-14)10-15(18(19)20)13-7-8-16(22-2)17(11-13)23-3/h4-11H,1-3H3,(H,19,20)/b15-10+. The highest BCUT2D eigenvalue weighted by Crippen LogP contribution is 2.31. The van der Waals surface area contributed by atoms with Gasteiger partial charge in [-0.05, 0) is 41.5 Å². The first kappa shape index (κ1) is 16.4. The molecule has 0 atom stereocenters. The molecule has 0 aliphatic rings. The van der Waals surface area contributed by atoms with Crippen molar-refractivity contribution in [1.82, 2.24) is 0 Å². The maximum Gasteiger partial charge on any atom is 0.336 e. The van der Waals surface area contributed by atoms with Gasteiger partial charge in [-0.15, -0.1) is 0 Å². The number of carboxylic acid groups (broad SMARTS) is 1. The smallest absolute Gasteiger partial charge is 0.336 e. The van der Waals surface area contributed by atoms with Crippen molar-refractivity contribution in [3.63, 3.8) is 0 Å². The summed E-state index contributed by atoms with van der Waals surface area (Å²) in [4.78, 5) is 11.6. The predicted molar refractivity (Wildman–Crippen MR) is 88.0 cm³/mol. The Morgan fingerprint density at radius 3 is 2.30 bits per heavy atom. The third-order valence-electron chi connectivity index (χ3n) is 3.33. The Morgan fingerprint density at radius 1 is 0.957 bits per heavy atom. The van der Waals surface area contributed by atoms with E-state index in [-0.39, 0.29) is 5.57 Å². The minimum absolute atomic E-state index is 0.152. The number of benzene rings is 2. The van der Waals surface area contributed by atoms with Crippen LogP contribution >= 0.6 is 0 Å². The molecule has 5 heteroatoms. The van der Waals surface area contributed by atoms with E-state index in [1.165, 1.54) is 14.2 Å². The van der Waals surface area contributed by atoms with Crippen LogP contribution in [-0.2, 0) is 4.79 Å². The Kier molecular flexibility index (Phi) is 5.25. The van der Waals surface area contributed by atoms with Crippen molar-refractivity contribution in [3.05, 3.63) is 53.6 Å². The van der Waals surface area contributed by atoms with Gasteiger partial charge in [0, 0.05) is 0 Å². The van der Waals surface area contributed by atoms with Crippen molar-refractivity contribution < 1.29 is 24.1 Å². The molecule has 0 aliphatic carbocycles. The lowest BCUT2D eigenvalue weighted by Crippen LogP contribution is -2.01. The van der Waals surface area contributed by atoms with Gasteiger partial charge in [0.25, 0.3) is 0 Å². The number of hydrogen-bond donors (Lipinski definition) is 1. The molecule has 0 fully saturated rings. The summed E-state index contributed by atoms with van der Waals surface area (Å²) in [6, 6.07) is 12.2. The lowest BCUT2D eigenvalue weighted by atomic mass is 10.0. The lowest BCUT2D eigenvalue weighted by molar-refractivity contribution is -0.130. The summed E-state index contributed by atoms with van der Waals surface area (Å²) in [5, 5.41) is 9.53. The Hall–Kier alpha value is -2.95. The van der Waals surface area contributed by atoms with E-state index in [4.69, 9.17) is 14.2 Å². The molecule has 0 saturated heterocycles. The number of ether oxygens (including phenoxy) is 3. The summed E-state index contributed by atoms with van der Waals surface area (Å²) < 4.78 is 15.6. The monoisotopic (exact) mass is 314 g/mol. The fraction of sp³-hybridized carbons (Fsp3) is 0.167. The Balaban J connectivity index is 2.50. The molecule has 23 heavy (non-hydrogen) atoms. The molecule has 0 saturated carbocycles. The molecule has 0 unspecified atom stereocenters. The maximum atomic E-state index is 11.6. The van der Waals surface area contributed by atoms with E-state index < -0.39 is 5.97 Å². The van der Waals surface area contributed by atoms with E-state index in [1.807, 2.05) is 6.07 Å². The predicted octanol–water partition coefficient (Wildman–Crippen LogP) is 3.34. The van der Waals surface area contributed by atoms with Gasteiger partial charge in [0.05, 0.1) is 26.9 Å². The van der Waals surface area contributed by atoms with Crippen molar-refractivity contribution in [2.45, 2.75) is 0 Å². The van der Waals surface area contributed by atoms with Crippen LogP contribution < -0.4 is 14.2 Å². The van der Waals surface area contributed by atoms with Crippen molar-refractivity contribution in [2.75, 3.05) is 21.3 Å². The number of aliphatic carboxylic acids is 1. The zero-order valence-corrected chi connectivity index (χ0v) is 13.2. The third-order valence-corrected chi connectivity index (χ3v) is 3.33. The van der Waals surface area contributed by atoms with Crippen molar-refractivity contribution in [3.8, 4) is 17.2 Å². The molecule has 2 aromatic rings. The van der Waals surface area contributed by atoms with E-state index in [1.54, 1.807) is 49.6 Å². The summed E-state index contributed by atoms with van der Waals surface area (Å²) in [7, 11) is 4.60. The van der Waals surface area contributed by atoms with Crippen molar-refractivity contribution in [2.24, 2.45) is 0 Å². The van der Waals surface area contributed by atoms with Crippen LogP contribution in [0.5, 0.6) is 17.2 Å². The fourth-order valence-corrected chi connectivity index (χ4v) is 2.17. The highest BCUT2D eigenvalue weighted by atomic mass is 16.5. The first-order chi connectivity index (χ1) is 11.1. The molecule has 5 nitrogen and oxygen atoms in total. The normalized spacial score (nSPS) is 11.0. The zero-order chi connectivity index (χ0) is 16.8. The molecular weight excluding hydrogens is 296 g/mol. The highest BCUT2D eigenvalue weighted by molar-refractivity contribution is 6.20. The lowest BCUT2D eigenvalue weighted by Gasteiger charge is -2.10. The Labute approximate surface area is 134 Å². The summed E-state index contributed by atoms with van der Waals surface area (Å²) in [5.41, 5.74) is 1.41. The number of hydrogen-bond acceptors (Lipinski definition) is 4. The number of carbonyl (C=O) groups is 1. The second-order valence-corrected chi connectivity index (χ2v) is 4.71. The van der Waals surface area contributed by atoms with E-state index in [9.17, 15) is 9.90 Å². The number of carboxylic acids is 1. The van der Waals surface area contributed by atoms with Gasteiger partial charge in [0.2, 0.25) is 0 Å². The van der Waals surface area contributed by atoms with Crippen LogP contribution in [0.3, 0.4) is 0 Å². The van der Waals surface area contributed by atoms with E-state index in [0.717, 1.165) is 5.56 Å². The molecule has 2 aromatic carbocycles. The molecule has 120 valence electrons. The average molecular weight is 314 g/mol. The van der Waals surface area contributed by atoms with Crippen LogP contribution in [0.1, 0.15) is 11.1 Å². The summed E-state index contributed by atoms with van der Waals surface area (Å²) >= 11 is 0. The minimum Gasteiger partial charge on any atom is -0.497 e. The molecule has 0 spiro atoms. The molecule has 0 bridgehead atoms. The zero-order valence-electron chi connectivity index (χ0n) is 13.2. The summed E-state index contributed by atoms with van der Waals surface area (Å²) in [6.07, 6.45) is 1.59. The molecule has 2 rings (SSSR count). The van der Waals surface area contributed by atoms with Crippen molar-refractivity contribution in [1.29, 1.82) is 0 Å². The third kappa shape index (κ3) is 3.83. The summed E-state index contributed by atoms with van der Waals surface area (Å²) in [6.45, 7) is 0. The van der Waals surface area contributed by atoms with Crippen LogP contribution in [0.2, 0.25) is 0 Å². The molecule has 1 N–H and O–H groups in total. The molecule has 0 amide bonds.